The number of para-hydroxylation sites is 1. The summed E-state index contributed by atoms with van der Waals surface area (Å²) in [5.74, 6) is -0.0708. The summed E-state index contributed by atoms with van der Waals surface area (Å²) in [6, 6.07) is 7.60. The summed E-state index contributed by atoms with van der Waals surface area (Å²) in [7, 11) is 1.77. The Bertz CT molecular complexity index is 490. The maximum atomic E-state index is 12.0. The molecule has 0 bridgehead atoms. The second-order valence-electron chi connectivity index (χ2n) is 4.77. The first-order valence-corrected chi connectivity index (χ1v) is 8.06. The third kappa shape index (κ3) is 6.01. The first kappa shape index (κ1) is 17.9. The van der Waals surface area contributed by atoms with Gasteiger partial charge in [0.25, 0.3) is 0 Å². The molecular formula is C15H22IN3O2. The zero-order valence-electron chi connectivity index (χ0n) is 12.7. The summed E-state index contributed by atoms with van der Waals surface area (Å²) in [5.41, 5.74) is 0.798. The van der Waals surface area contributed by atoms with E-state index < -0.39 is 0 Å². The average Bonchev–Trinajstić information content (AvgIpc) is 2.42. The number of anilines is 1. The first-order valence-electron chi connectivity index (χ1n) is 6.98. The second kappa shape index (κ2) is 8.99. The molecule has 5 nitrogen and oxygen atoms in total. The number of amides is 2. The fourth-order valence-corrected chi connectivity index (χ4v) is 2.48. The Morgan fingerprint density at radius 3 is 2.33 bits per heavy atom. The topological polar surface area (TPSA) is 52.7 Å². The SMILES string of the molecule is CCN(CC)C(=O)CN(C)CC(=O)Nc1ccccc1I. The maximum absolute atomic E-state index is 12.0. The molecule has 0 aromatic heterocycles. The maximum Gasteiger partial charge on any atom is 0.238 e. The standard InChI is InChI=1S/C15H22IN3O2/c1-4-19(5-2)15(21)11-18(3)10-14(20)17-13-9-7-6-8-12(13)16/h6-9H,4-5,10-11H2,1-3H3,(H,17,20). The predicted octanol–water partition coefficient (Wildman–Crippen LogP) is 2.03. The fourth-order valence-electron chi connectivity index (χ4n) is 1.96. The number of hydrogen-bond acceptors (Lipinski definition) is 3. The van der Waals surface area contributed by atoms with E-state index in [4.69, 9.17) is 0 Å². The number of likely N-dealkylation sites (N-methyl/N-ethyl adjacent to an activating group) is 2. The lowest BCUT2D eigenvalue weighted by atomic mass is 10.3. The molecular weight excluding hydrogens is 381 g/mol. The minimum atomic E-state index is -0.117. The third-order valence-electron chi connectivity index (χ3n) is 3.08. The molecule has 0 aliphatic carbocycles. The molecule has 0 atom stereocenters. The zero-order chi connectivity index (χ0) is 15.8. The van der Waals surface area contributed by atoms with Gasteiger partial charge in [-0.15, -0.1) is 0 Å². The monoisotopic (exact) mass is 403 g/mol. The highest BCUT2D eigenvalue weighted by atomic mass is 127. The molecule has 0 aliphatic heterocycles. The van der Waals surface area contributed by atoms with Crippen molar-refractivity contribution in [3.05, 3.63) is 27.8 Å². The van der Waals surface area contributed by atoms with Gasteiger partial charge < -0.3 is 10.2 Å². The number of hydrogen-bond donors (Lipinski definition) is 1. The van der Waals surface area contributed by atoms with Crippen LogP contribution in [0.1, 0.15) is 13.8 Å². The van der Waals surface area contributed by atoms with Gasteiger partial charge in [0.2, 0.25) is 11.8 Å². The van der Waals surface area contributed by atoms with Crippen LogP contribution in [0, 0.1) is 3.57 Å². The number of halogens is 1. The van der Waals surface area contributed by atoms with E-state index in [2.05, 4.69) is 27.9 Å². The molecule has 0 saturated carbocycles. The molecule has 1 aromatic rings. The van der Waals surface area contributed by atoms with E-state index in [1.165, 1.54) is 0 Å². The van der Waals surface area contributed by atoms with Crippen LogP contribution in [-0.4, -0.2) is 54.8 Å². The van der Waals surface area contributed by atoms with Gasteiger partial charge in [0, 0.05) is 16.7 Å². The molecule has 0 spiro atoms. The average molecular weight is 403 g/mol. The Morgan fingerprint density at radius 1 is 1.14 bits per heavy atom. The summed E-state index contributed by atoms with van der Waals surface area (Å²) < 4.78 is 0.991. The van der Waals surface area contributed by atoms with Crippen LogP contribution in [0.25, 0.3) is 0 Å². The quantitative estimate of drug-likeness (QED) is 0.709. The van der Waals surface area contributed by atoms with Gasteiger partial charge in [-0.3, -0.25) is 14.5 Å². The van der Waals surface area contributed by atoms with Gasteiger partial charge in [-0.1, -0.05) is 12.1 Å². The van der Waals surface area contributed by atoms with Crippen molar-refractivity contribution in [2.24, 2.45) is 0 Å². The van der Waals surface area contributed by atoms with Gasteiger partial charge >= 0.3 is 0 Å². The van der Waals surface area contributed by atoms with Gasteiger partial charge in [-0.25, -0.2) is 0 Å². The number of carbonyl (C=O) groups is 2. The summed E-state index contributed by atoms with van der Waals surface area (Å²) >= 11 is 2.18. The Hall–Kier alpha value is -1.15. The van der Waals surface area contributed by atoms with E-state index >= 15 is 0 Å². The smallest absolute Gasteiger partial charge is 0.238 e. The van der Waals surface area contributed by atoms with Gasteiger partial charge in [0.1, 0.15) is 0 Å². The van der Waals surface area contributed by atoms with Crippen molar-refractivity contribution in [2.75, 3.05) is 38.5 Å². The molecule has 21 heavy (non-hydrogen) atoms. The summed E-state index contributed by atoms with van der Waals surface area (Å²) in [6.07, 6.45) is 0. The molecule has 6 heteroatoms. The molecule has 0 heterocycles. The van der Waals surface area contributed by atoms with Gasteiger partial charge in [0.15, 0.2) is 0 Å². The van der Waals surface area contributed by atoms with Crippen molar-refractivity contribution < 1.29 is 9.59 Å². The third-order valence-corrected chi connectivity index (χ3v) is 4.02. The minimum Gasteiger partial charge on any atom is -0.342 e. The number of nitrogens with zero attached hydrogens (tertiary/aromatic N) is 2. The molecule has 0 unspecified atom stereocenters. The van der Waals surface area contributed by atoms with E-state index in [0.29, 0.717) is 13.1 Å². The van der Waals surface area contributed by atoms with Gasteiger partial charge in [0.05, 0.1) is 18.8 Å². The van der Waals surface area contributed by atoms with Crippen LogP contribution < -0.4 is 5.32 Å². The van der Waals surface area contributed by atoms with Crippen molar-refractivity contribution in [3.63, 3.8) is 0 Å². The summed E-state index contributed by atoms with van der Waals surface area (Å²) in [4.78, 5) is 27.4. The van der Waals surface area contributed by atoms with E-state index in [1.54, 1.807) is 16.8 Å². The Balaban J connectivity index is 2.47. The second-order valence-corrected chi connectivity index (χ2v) is 5.93. The highest BCUT2D eigenvalue weighted by molar-refractivity contribution is 14.1. The van der Waals surface area contributed by atoms with Crippen LogP contribution in [0.3, 0.4) is 0 Å². The van der Waals surface area contributed by atoms with Crippen LogP contribution in [0.5, 0.6) is 0 Å². The number of benzene rings is 1. The fraction of sp³-hybridized carbons (Fsp3) is 0.467. The van der Waals surface area contributed by atoms with Crippen LogP contribution >= 0.6 is 22.6 Å². The Kier molecular flexibility index (Phi) is 7.66. The molecule has 1 aromatic carbocycles. The summed E-state index contributed by atoms with van der Waals surface area (Å²) in [6.45, 7) is 5.73. The number of nitrogens with one attached hydrogen (secondary N) is 1. The molecule has 2 amide bonds. The first-order chi connectivity index (χ1) is 9.97. The molecule has 116 valence electrons. The van der Waals surface area contributed by atoms with Gasteiger partial charge in [-0.05, 0) is 55.6 Å². The Morgan fingerprint density at radius 2 is 1.76 bits per heavy atom. The van der Waals surface area contributed by atoms with E-state index in [9.17, 15) is 9.59 Å². The lowest BCUT2D eigenvalue weighted by Gasteiger charge is -2.22. The molecule has 0 saturated heterocycles. The van der Waals surface area contributed by atoms with E-state index in [1.807, 2.05) is 38.1 Å². The lowest BCUT2D eigenvalue weighted by molar-refractivity contribution is -0.132. The van der Waals surface area contributed by atoms with Crippen LogP contribution in [0.4, 0.5) is 5.69 Å². The van der Waals surface area contributed by atoms with Crippen molar-refractivity contribution in [2.45, 2.75) is 13.8 Å². The van der Waals surface area contributed by atoms with Crippen molar-refractivity contribution in [1.29, 1.82) is 0 Å². The number of carbonyl (C=O) groups excluding carboxylic acids is 2. The molecule has 0 radical (unpaired) electrons. The molecule has 1 N–H and O–H groups in total. The Labute approximate surface area is 139 Å². The van der Waals surface area contributed by atoms with Crippen LogP contribution in [-0.2, 0) is 9.59 Å². The van der Waals surface area contributed by atoms with Crippen LogP contribution in [0.2, 0.25) is 0 Å². The van der Waals surface area contributed by atoms with Crippen molar-refractivity contribution in [3.8, 4) is 0 Å². The summed E-state index contributed by atoms with van der Waals surface area (Å²) in [5, 5.41) is 2.86. The molecule has 1 rings (SSSR count). The van der Waals surface area contributed by atoms with Crippen molar-refractivity contribution >= 4 is 40.1 Å². The number of rotatable bonds is 7. The van der Waals surface area contributed by atoms with Crippen molar-refractivity contribution in [1.82, 2.24) is 9.80 Å². The van der Waals surface area contributed by atoms with E-state index in [0.717, 1.165) is 9.26 Å². The normalized spacial score (nSPS) is 10.5. The largest absolute Gasteiger partial charge is 0.342 e. The van der Waals surface area contributed by atoms with E-state index in [-0.39, 0.29) is 24.9 Å². The zero-order valence-corrected chi connectivity index (χ0v) is 14.9. The highest BCUT2D eigenvalue weighted by Gasteiger charge is 2.15. The lowest BCUT2D eigenvalue weighted by Crippen LogP contribution is -2.41. The van der Waals surface area contributed by atoms with Crippen LogP contribution in [0.15, 0.2) is 24.3 Å². The predicted molar refractivity (Wildman–Crippen MR) is 93.2 cm³/mol. The highest BCUT2D eigenvalue weighted by Crippen LogP contribution is 2.16. The van der Waals surface area contributed by atoms with Gasteiger partial charge in [-0.2, -0.15) is 0 Å². The molecule has 0 aliphatic rings. The minimum absolute atomic E-state index is 0.0459. The molecule has 0 fully saturated rings.